The summed E-state index contributed by atoms with van der Waals surface area (Å²) in [7, 11) is 1.35. The maximum absolute atomic E-state index is 16.2. The molecule has 2 aromatic carbocycles. The van der Waals surface area contributed by atoms with E-state index in [0.29, 0.717) is 49.4 Å². The van der Waals surface area contributed by atoms with E-state index in [9.17, 15) is 18.8 Å². The molecule has 2 aromatic heterocycles. The number of nitrogens with zero attached hydrogens (tertiary/aromatic N) is 7. The van der Waals surface area contributed by atoms with Crippen LogP contribution in [0.3, 0.4) is 0 Å². The fraction of sp³-hybridized carbons (Fsp3) is 0.525. The van der Waals surface area contributed by atoms with Crippen molar-refractivity contribution in [3.8, 4) is 11.4 Å². The minimum Gasteiger partial charge on any atom is -0.496 e. The first-order valence-electron chi connectivity index (χ1n) is 19.4. The monoisotopic (exact) mass is 793 g/mol. The molecule has 3 aliphatic heterocycles. The summed E-state index contributed by atoms with van der Waals surface area (Å²) in [5, 5.41) is 2.77. The van der Waals surface area contributed by atoms with E-state index in [1.54, 1.807) is 34.1 Å². The van der Waals surface area contributed by atoms with Gasteiger partial charge < -0.3 is 25.4 Å². The van der Waals surface area contributed by atoms with Gasteiger partial charge in [-0.2, -0.15) is 0 Å². The number of nitrogens with two attached hydrogens (primary N) is 1. The number of methoxy groups -OCH3 is 1. The first-order valence-corrected chi connectivity index (χ1v) is 19.4. The van der Waals surface area contributed by atoms with Gasteiger partial charge in [-0.1, -0.05) is 12.1 Å². The van der Waals surface area contributed by atoms with Crippen LogP contribution >= 0.6 is 0 Å². The van der Waals surface area contributed by atoms with Gasteiger partial charge in [-0.15, -0.1) is 0 Å². The number of hydrogen-bond acceptors (Lipinski definition) is 10. The lowest BCUT2D eigenvalue weighted by atomic mass is 9.91. The van der Waals surface area contributed by atoms with Gasteiger partial charge in [0.05, 0.1) is 24.9 Å². The van der Waals surface area contributed by atoms with Gasteiger partial charge in [0.25, 0.3) is 11.8 Å². The van der Waals surface area contributed by atoms with Gasteiger partial charge in [0.2, 0.25) is 0 Å². The highest BCUT2D eigenvalue weighted by Gasteiger charge is 2.48. The van der Waals surface area contributed by atoms with E-state index in [-0.39, 0.29) is 47.4 Å². The Balaban J connectivity index is 0.965. The number of hydrogen-bond donors (Lipinski definition) is 2. The highest BCUT2D eigenvalue weighted by atomic mass is 19.3. The van der Waals surface area contributed by atoms with Crippen molar-refractivity contribution < 1.29 is 32.2 Å². The van der Waals surface area contributed by atoms with E-state index in [1.165, 1.54) is 30.1 Å². The Kier molecular flexibility index (Phi) is 11.2. The SMILES string of the molecule is COc1cc(F)ccc1C(=O)NCc1ccc(-n2c(=O)n([C@@H]3CCN(CCC4CCN(C5CN(C(=O)OC(C)(C)C)C5)CC4)CC3(F)F)c3ncnc(N)c32)cc1. The van der Waals surface area contributed by atoms with E-state index < -0.39 is 41.5 Å². The fourth-order valence-corrected chi connectivity index (χ4v) is 8.12. The lowest BCUT2D eigenvalue weighted by Crippen LogP contribution is -2.62. The number of nitrogens with one attached hydrogen (secondary N) is 1. The Hall–Kier alpha value is -5.16. The number of benzene rings is 2. The quantitative estimate of drug-likeness (QED) is 0.228. The molecule has 3 aliphatic rings. The van der Waals surface area contributed by atoms with Crippen LogP contribution in [0.15, 0.2) is 53.6 Å². The second-order valence-corrected chi connectivity index (χ2v) is 16.3. The molecule has 2 amide bonds. The van der Waals surface area contributed by atoms with E-state index in [0.717, 1.165) is 43.0 Å². The van der Waals surface area contributed by atoms with E-state index in [4.69, 9.17) is 15.2 Å². The van der Waals surface area contributed by atoms with Crippen LogP contribution in [0, 0.1) is 11.7 Å². The second kappa shape index (κ2) is 16.0. The molecule has 0 spiro atoms. The lowest BCUT2D eigenvalue weighted by Gasteiger charge is -2.47. The number of piperidine rings is 2. The Morgan fingerprint density at radius 2 is 1.74 bits per heavy atom. The molecule has 0 bridgehead atoms. The van der Waals surface area contributed by atoms with Crippen LogP contribution in [0.4, 0.5) is 23.8 Å². The first-order chi connectivity index (χ1) is 27.1. The van der Waals surface area contributed by atoms with Gasteiger partial charge in [0.15, 0.2) is 11.5 Å². The molecule has 7 rings (SSSR count). The second-order valence-electron chi connectivity index (χ2n) is 16.3. The zero-order valence-electron chi connectivity index (χ0n) is 32.7. The van der Waals surface area contributed by atoms with Crippen LogP contribution in [0.25, 0.3) is 16.9 Å². The normalized spacial score (nSPS) is 19.7. The van der Waals surface area contributed by atoms with Crippen molar-refractivity contribution in [2.24, 2.45) is 5.92 Å². The molecular formula is C40H50F3N9O5. The van der Waals surface area contributed by atoms with Gasteiger partial charge in [-0.25, -0.2) is 32.7 Å². The molecule has 3 fully saturated rings. The maximum Gasteiger partial charge on any atom is 0.410 e. The third-order valence-electron chi connectivity index (χ3n) is 11.2. The fourth-order valence-electron chi connectivity index (χ4n) is 8.12. The van der Waals surface area contributed by atoms with E-state index in [1.807, 2.05) is 20.8 Å². The van der Waals surface area contributed by atoms with Crippen molar-refractivity contribution in [2.75, 3.05) is 58.7 Å². The summed E-state index contributed by atoms with van der Waals surface area (Å²) in [6.45, 7) is 9.30. The summed E-state index contributed by atoms with van der Waals surface area (Å²) in [6.07, 6.45) is 3.70. The molecule has 5 heterocycles. The highest BCUT2D eigenvalue weighted by Crippen LogP contribution is 2.39. The first kappa shape index (κ1) is 40.1. The Morgan fingerprint density at radius 3 is 2.40 bits per heavy atom. The van der Waals surface area contributed by atoms with Gasteiger partial charge >= 0.3 is 11.8 Å². The lowest BCUT2D eigenvalue weighted by molar-refractivity contribution is -0.104. The summed E-state index contributed by atoms with van der Waals surface area (Å²) >= 11 is 0. The van der Waals surface area contributed by atoms with E-state index in [2.05, 4.69) is 20.2 Å². The number of carbonyl (C=O) groups excluding carboxylic acids is 2. The number of alkyl halides is 2. The van der Waals surface area contributed by atoms with Crippen molar-refractivity contribution in [1.82, 2.24) is 39.1 Å². The van der Waals surface area contributed by atoms with Crippen LogP contribution in [0.5, 0.6) is 5.75 Å². The van der Waals surface area contributed by atoms with Crippen molar-refractivity contribution in [3.05, 3.63) is 76.2 Å². The number of carbonyl (C=O) groups is 2. The van der Waals surface area contributed by atoms with Crippen molar-refractivity contribution in [2.45, 2.75) is 76.6 Å². The average molecular weight is 794 g/mol. The molecule has 0 radical (unpaired) electrons. The van der Waals surface area contributed by atoms with Crippen molar-refractivity contribution in [3.63, 3.8) is 0 Å². The number of fused-ring (bicyclic) bond motifs is 1. The summed E-state index contributed by atoms with van der Waals surface area (Å²) in [5.74, 6) is -3.73. The molecule has 14 nitrogen and oxygen atoms in total. The van der Waals surface area contributed by atoms with Crippen molar-refractivity contribution in [1.29, 1.82) is 0 Å². The third-order valence-corrected chi connectivity index (χ3v) is 11.2. The van der Waals surface area contributed by atoms with Crippen LogP contribution in [-0.4, -0.2) is 116 Å². The predicted octanol–water partition coefficient (Wildman–Crippen LogP) is 4.85. The Labute approximate surface area is 328 Å². The smallest absolute Gasteiger partial charge is 0.410 e. The highest BCUT2D eigenvalue weighted by molar-refractivity contribution is 5.96. The summed E-state index contributed by atoms with van der Waals surface area (Å²) in [4.78, 5) is 53.5. The van der Waals surface area contributed by atoms with Gasteiger partial charge in [0, 0.05) is 38.3 Å². The number of nitrogen functional groups attached to an aromatic ring is 1. The largest absolute Gasteiger partial charge is 0.496 e. The zero-order chi connectivity index (χ0) is 40.6. The number of anilines is 1. The molecule has 1 atom stereocenters. The molecule has 0 unspecified atom stereocenters. The summed E-state index contributed by atoms with van der Waals surface area (Å²) in [5.41, 5.74) is 6.42. The van der Waals surface area contributed by atoms with Gasteiger partial charge in [-0.05, 0) is 102 Å². The number of aromatic nitrogens is 4. The molecule has 17 heteroatoms. The van der Waals surface area contributed by atoms with Gasteiger partial charge in [-0.3, -0.25) is 23.7 Å². The number of amides is 2. The molecule has 57 heavy (non-hydrogen) atoms. The number of rotatable bonds is 10. The standard InChI is InChI=1S/C40H50F3N9O5/c1-39(2,3)57-38(55)50-21-29(22-50)49-17-12-25(13-18-49)11-15-48-16-14-32(40(42,43)23-48)52-35-33(34(44)46-24-47-35)51(37(52)54)28-8-5-26(6-9-28)20-45-36(53)30-10-7-27(41)19-31(30)56-4/h5-10,19,24-25,29,32H,11-18,20-23H2,1-4H3,(H,45,53)(H2,44,46,47)/t32-/m1/s1. The minimum atomic E-state index is -3.23. The maximum atomic E-state index is 16.2. The summed E-state index contributed by atoms with van der Waals surface area (Å²) < 4.78 is 58.8. The molecule has 3 saturated heterocycles. The predicted molar refractivity (Wildman–Crippen MR) is 207 cm³/mol. The topological polar surface area (TPSA) is 153 Å². The third kappa shape index (κ3) is 8.59. The Morgan fingerprint density at radius 1 is 1.02 bits per heavy atom. The van der Waals surface area contributed by atoms with Crippen LogP contribution in [-0.2, 0) is 11.3 Å². The number of halogens is 3. The number of likely N-dealkylation sites (tertiary alicyclic amines) is 3. The van der Waals surface area contributed by atoms with E-state index >= 15 is 8.78 Å². The molecule has 0 saturated carbocycles. The van der Waals surface area contributed by atoms with Crippen LogP contribution in [0.2, 0.25) is 0 Å². The molecule has 306 valence electrons. The zero-order valence-corrected chi connectivity index (χ0v) is 32.7. The van der Waals surface area contributed by atoms with Crippen molar-refractivity contribution >= 4 is 29.0 Å². The number of ether oxygens (including phenoxy) is 2. The van der Waals surface area contributed by atoms with Crippen LogP contribution < -0.4 is 21.5 Å². The molecule has 0 aliphatic carbocycles. The summed E-state index contributed by atoms with van der Waals surface area (Å²) in [6, 6.07) is 9.16. The molecule has 3 N–H and O–H groups in total. The minimum absolute atomic E-state index is 0.0232. The van der Waals surface area contributed by atoms with Gasteiger partial charge in [0.1, 0.15) is 35.1 Å². The average Bonchev–Trinajstić information content (AvgIpc) is 3.44. The Bertz CT molecular complexity index is 2160. The molecule has 4 aromatic rings. The van der Waals surface area contributed by atoms with Crippen LogP contribution in [0.1, 0.15) is 68.4 Å². The molecular weight excluding hydrogens is 743 g/mol. The number of imidazole rings is 1.